The summed E-state index contributed by atoms with van der Waals surface area (Å²) >= 11 is 0. The molecule has 0 saturated carbocycles. The number of sulfonamides is 2. The fourth-order valence-electron chi connectivity index (χ4n) is 3.77. The van der Waals surface area contributed by atoms with Crippen LogP contribution in [-0.2, 0) is 24.8 Å². The van der Waals surface area contributed by atoms with Gasteiger partial charge >= 0.3 is 0 Å². The average molecular weight is 404 g/mol. The molecule has 2 fully saturated rings. The number of hydrogen-bond acceptors (Lipinski definition) is 6. The summed E-state index contributed by atoms with van der Waals surface area (Å²) in [5.74, 6) is 0. The van der Waals surface area contributed by atoms with Crippen molar-refractivity contribution in [3.63, 3.8) is 0 Å². The third-order valence-electron chi connectivity index (χ3n) is 4.99. The van der Waals surface area contributed by atoms with Crippen molar-refractivity contribution in [1.82, 2.24) is 13.6 Å². The standard InChI is InChI=1S/C16H25N3O5S2/c1-25(20,21)19(15-6-11-24-12-7-15)14-4-9-18(10-5-14)26(22,23)16-3-2-8-17-13-16/h2-3,8,13-15H,4-7,9-12H2,1H3. The van der Waals surface area contributed by atoms with E-state index in [9.17, 15) is 16.8 Å². The fraction of sp³-hybridized carbons (Fsp3) is 0.688. The topological polar surface area (TPSA) is 96.9 Å². The molecule has 146 valence electrons. The lowest BCUT2D eigenvalue weighted by molar-refractivity contribution is 0.0435. The Morgan fingerprint density at radius 3 is 2.23 bits per heavy atom. The third kappa shape index (κ3) is 4.25. The van der Waals surface area contributed by atoms with Crippen LogP contribution in [-0.4, -0.2) is 75.1 Å². The van der Waals surface area contributed by atoms with E-state index in [4.69, 9.17) is 4.74 Å². The van der Waals surface area contributed by atoms with Crippen LogP contribution in [0.4, 0.5) is 0 Å². The van der Waals surface area contributed by atoms with Crippen LogP contribution in [0.15, 0.2) is 29.4 Å². The molecule has 10 heteroatoms. The van der Waals surface area contributed by atoms with Crippen LogP contribution in [0.3, 0.4) is 0 Å². The molecule has 1 aromatic heterocycles. The molecule has 3 rings (SSSR count). The lowest BCUT2D eigenvalue weighted by Crippen LogP contribution is -2.53. The summed E-state index contributed by atoms with van der Waals surface area (Å²) < 4.78 is 58.5. The number of piperidine rings is 1. The summed E-state index contributed by atoms with van der Waals surface area (Å²) in [4.78, 5) is 4.05. The normalized spacial score (nSPS) is 21.9. The molecule has 2 aliphatic heterocycles. The molecule has 0 amide bonds. The van der Waals surface area contributed by atoms with E-state index in [2.05, 4.69) is 4.98 Å². The van der Waals surface area contributed by atoms with Gasteiger partial charge < -0.3 is 4.74 Å². The number of rotatable bonds is 5. The van der Waals surface area contributed by atoms with Crippen molar-refractivity contribution in [3.8, 4) is 0 Å². The molecule has 0 N–H and O–H groups in total. The number of ether oxygens (including phenoxy) is 1. The number of pyridine rings is 1. The molecule has 0 radical (unpaired) electrons. The lowest BCUT2D eigenvalue weighted by atomic mass is 10.0. The van der Waals surface area contributed by atoms with Gasteiger partial charge in [-0.15, -0.1) is 0 Å². The largest absolute Gasteiger partial charge is 0.381 e. The molecular formula is C16H25N3O5S2. The summed E-state index contributed by atoms with van der Waals surface area (Å²) in [6.07, 6.45) is 6.45. The zero-order chi connectivity index (χ0) is 18.8. The van der Waals surface area contributed by atoms with Crippen LogP contribution in [0, 0.1) is 0 Å². The highest BCUT2D eigenvalue weighted by Crippen LogP contribution is 2.28. The second-order valence-electron chi connectivity index (χ2n) is 6.76. The van der Waals surface area contributed by atoms with Gasteiger partial charge in [0.15, 0.2) is 0 Å². The maximum absolute atomic E-state index is 12.7. The molecule has 0 bridgehead atoms. The van der Waals surface area contributed by atoms with E-state index in [-0.39, 0.29) is 17.0 Å². The van der Waals surface area contributed by atoms with E-state index in [1.807, 2.05) is 0 Å². The summed E-state index contributed by atoms with van der Waals surface area (Å²) in [6.45, 7) is 1.73. The highest BCUT2D eigenvalue weighted by Gasteiger charge is 2.38. The van der Waals surface area contributed by atoms with E-state index < -0.39 is 20.0 Å². The first kappa shape index (κ1) is 19.7. The Hall–Kier alpha value is -1.07. The number of aromatic nitrogens is 1. The molecule has 0 unspecified atom stereocenters. The molecule has 0 aromatic carbocycles. The fourth-order valence-corrected chi connectivity index (χ4v) is 6.70. The van der Waals surface area contributed by atoms with Gasteiger partial charge in [0.25, 0.3) is 0 Å². The summed E-state index contributed by atoms with van der Waals surface area (Å²) in [7, 11) is -6.96. The van der Waals surface area contributed by atoms with Crippen molar-refractivity contribution in [1.29, 1.82) is 0 Å². The minimum absolute atomic E-state index is 0.0646. The highest BCUT2D eigenvalue weighted by atomic mass is 32.2. The Labute approximate surface area is 155 Å². The number of hydrogen-bond donors (Lipinski definition) is 0. The van der Waals surface area contributed by atoms with E-state index in [1.54, 1.807) is 10.4 Å². The minimum Gasteiger partial charge on any atom is -0.381 e. The smallest absolute Gasteiger partial charge is 0.244 e. The van der Waals surface area contributed by atoms with Gasteiger partial charge in [0.2, 0.25) is 20.0 Å². The lowest BCUT2D eigenvalue weighted by Gasteiger charge is -2.41. The van der Waals surface area contributed by atoms with Gasteiger partial charge in [0.05, 0.1) is 6.26 Å². The molecule has 2 aliphatic rings. The van der Waals surface area contributed by atoms with Crippen molar-refractivity contribution in [2.24, 2.45) is 0 Å². The Morgan fingerprint density at radius 2 is 1.69 bits per heavy atom. The van der Waals surface area contributed by atoms with Gasteiger partial charge in [0, 0.05) is 50.8 Å². The maximum Gasteiger partial charge on any atom is 0.244 e. The molecule has 26 heavy (non-hydrogen) atoms. The predicted molar refractivity (Wildman–Crippen MR) is 96.5 cm³/mol. The zero-order valence-electron chi connectivity index (χ0n) is 14.8. The maximum atomic E-state index is 12.7. The summed E-state index contributed by atoms with van der Waals surface area (Å²) in [5.41, 5.74) is 0. The molecule has 8 nitrogen and oxygen atoms in total. The number of nitrogens with zero attached hydrogens (tertiary/aromatic N) is 3. The quantitative estimate of drug-likeness (QED) is 0.717. The monoisotopic (exact) mass is 403 g/mol. The minimum atomic E-state index is -3.59. The molecule has 1 aromatic rings. The van der Waals surface area contributed by atoms with Crippen molar-refractivity contribution in [2.75, 3.05) is 32.6 Å². The zero-order valence-corrected chi connectivity index (χ0v) is 16.5. The van der Waals surface area contributed by atoms with Gasteiger partial charge in [-0.05, 0) is 37.8 Å². The van der Waals surface area contributed by atoms with Crippen LogP contribution >= 0.6 is 0 Å². The van der Waals surface area contributed by atoms with Gasteiger partial charge in [-0.2, -0.15) is 8.61 Å². The molecule has 0 atom stereocenters. The Morgan fingerprint density at radius 1 is 1.08 bits per heavy atom. The van der Waals surface area contributed by atoms with Crippen LogP contribution in [0.25, 0.3) is 0 Å². The summed E-state index contributed by atoms with van der Waals surface area (Å²) in [6, 6.07) is 2.88. The second kappa shape index (κ2) is 7.89. The molecule has 2 saturated heterocycles. The van der Waals surface area contributed by atoms with Crippen molar-refractivity contribution >= 4 is 20.0 Å². The second-order valence-corrected chi connectivity index (χ2v) is 10.6. The first-order valence-corrected chi connectivity index (χ1v) is 12.1. The first-order valence-electron chi connectivity index (χ1n) is 8.76. The van der Waals surface area contributed by atoms with E-state index in [0.29, 0.717) is 52.0 Å². The molecule has 0 spiro atoms. The Bertz CT molecular complexity index is 800. The van der Waals surface area contributed by atoms with Gasteiger partial charge in [0.1, 0.15) is 4.90 Å². The SMILES string of the molecule is CS(=O)(=O)N(C1CCOCC1)C1CCN(S(=O)(=O)c2cccnc2)CC1. The summed E-state index contributed by atoms with van der Waals surface area (Å²) in [5, 5.41) is 0. The molecular weight excluding hydrogens is 378 g/mol. The van der Waals surface area contributed by atoms with E-state index >= 15 is 0 Å². The van der Waals surface area contributed by atoms with Crippen LogP contribution in [0.2, 0.25) is 0 Å². The van der Waals surface area contributed by atoms with Gasteiger partial charge in [-0.1, -0.05) is 0 Å². The average Bonchev–Trinajstić information content (AvgIpc) is 2.63. The van der Waals surface area contributed by atoms with Crippen molar-refractivity contribution in [2.45, 2.75) is 42.7 Å². The van der Waals surface area contributed by atoms with Gasteiger partial charge in [-0.3, -0.25) is 4.98 Å². The van der Waals surface area contributed by atoms with Crippen LogP contribution in [0.5, 0.6) is 0 Å². The third-order valence-corrected chi connectivity index (χ3v) is 8.23. The van der Waals surface area contributed by atoms with Crippen LogP contribution < -0.4 is 0 Å². The first-order chi connectivity index (χ1) is 12.3. The Kier molecular flexibility index (Phi) is 5.97. The molecule has 0 aliphatic carbocycles. The predicted octanol–water partition coefficient (Wildman–Crippen LogP) is 0.675. The highest BCUT2D eigenvalue weighted by molar-refractivity contribution is 7.89. The van der Waals surface area contributed by atoms with E-state index in [1.165, 1.54) is 29.0 Å². The van der Waals surface area contributed by atoms with Crippen LogP contribution in [0.1, 0.15) is 25.7 Å². The Balaban J connectivity index is 1.72. The van der Waals surface area contributed by atoms with Gasteiger partial charge in [-0.25, -0.2) is 16.8 Å². The van der Waals surface area contributed by atoms with Crippen molar-refractivity contribution in [3.05, 3.63) is 24.5 Å². The van der Waals surface area contributed by atoms with Crippen molar-refractivity contribution < 1.29 is 21.6 Å². The van der Waals surface area contributed by atoms with E-state index in [0.717, 1.165) is 0 Å². The molecule has 3 heterocycles.